The molecule has 0 amide bonds. The Hall–Kier alpha value is -2.57. The minimum absolute atomic E-state index is 0.135. The Morgan fingerprint density at radius 1 is 1.04 bits per heavy atom. The van der Waals surface area contributed by atoms with Crippen molar-refractivity contribution in [3.05, 3.63) is 58.9 Å². The van der Waals surface area contributed by atoms with E-state index in [9.17, 15) is 22.4 Å². The van der Waals surface area contributed by atoms with Crippen LogP contribution in [0, 0.1) is 12.7 Å². The lowest BCUT2D eigenvalue weighted by Gasteiger charge is -2.14. The van der Waals surface area contributed by atoms with Gasteiger partial charge in [0.15, 0.2) is 0 Å². The molecule has 0 heterocycles. The van der Waals surface area contributed by atoms with Gasteiger partial charge in [-0.3, -0.25) is 0 Å². The first-order valence-electron chi connectivity index (χ1n) is 6.46. The van der Waals surface area contributed by atoms with Crippen LogP contribution in [0.2, 0.25) is 0 Å². The van der Waals surface area contributed by atoms with Crippen LogP contribution < -0.4 is 4.74 Å². The monoisotopic (exact) mass is 328 g/mol. The van der Waals surface area contributed by atoms with Crippen LogP contribution in [-0.2, 0) is 10.9 Å². The summed E-state index contributed by atoms with van der Waals surface area (Å²) in [6, 6.07) is 5.98. The van der Waals surface area contributed by atoms with Crippen LogP contribution in [0.1, 0.15) is 21.5 Å². The van der Waals surface area contributed by atoms with Gasteiger partial charge >= 0.3 is 12.1 Å². The number of methoxy groups -OCH3 is 1. The van der Waals surface area contributed by atoms with Gasteiger partial charge < -0.3 is 9.47 Å². The van der Waals surface area contributed by atoms with E-state index in [2.05, 4.69) is 4.74 Å². The number of hydrogen-bond acceptors (Lipinski definition) is 3. The van der Waals surface area contributed by atoms with Crippen LogP contribution in [0.3, 0.4) is 0 Å². The van der Waals surface area contributed by atoms with Crippen LogP contribution >= 0.6 is 0 Å². The molecule has 0 aromatic heterocycles. The maximum absolute atomic E-state index is 13.1. The number of ether oxygens (including phenoxy) is 2. The van der Waals surface area contributed by atoms with Gasteiger partial charge in [0.25, 0.3) is 0 Å². The zero-order valence-corrected chi connectivity index (χ0v) is 12.2. The second-order valence-electron chi connectivity index (χ2n) is 4.71. The summed E-state index contributed by atoms with van der Waals surface area (Å²) in [5, 5.41) is 0. The fourth-order valence-corrected chi connectivity index (χ4v) is 1.91. The van der Waals surface area contributed by atoms with Crippen molar-refractivity contribution in [1.29, 1.82) is 0 Å². The van der Waals surface area contributed by atoms with Gasteiger partial charge in [-0.1, -0.05) is 0 Å². The molecule has 0 fully saturated rings. The molecule has 0 bridgehead atoms. The van der Waals surface area contributed by atoms with E-state index >= 15 is 0 Å². The number of carbonyl (C=O) groups excluding carboxylic acids is 1. The fourth-order valence-electron chi connectivity index (χ4n) is 1.91. The molecule has 0 aliphatic rings. The van der Waals surface area contributed by atoms with Crippen molar-refractivity contribution in [3.63, 3.8) is 0 Å². The summed E-state index contributed by atoms with van der Waals surface area (Å²) in [5.41, 5.74) is -0.762. The van der Waals surface area contributed by atoms with E-state index in [1.54, 1.807) is 0 Å². The van der Waals surface area contributed by atoms with E-state index < -0.39 is 23.5 Å². The molecule has 2 aromatic carbocycles. The van der Waals surface area contributed by atoms with Gasteiger partial charge in [0.05, 0.1) is 12.7 Å². The molecular formula is C16H12F4O3. The quantitative estimate of drug-likeness (QED) is 0.603. The van der Waals surface area contributed by atoms with Crippen molar-refractivity contribution in [3.8, 4) is 11.5 Å². The maximum atomic E-state index is 13.1. The molecule has 0 spiro atoms. The van der Waals surface area contributed by atoms with Crippen LogP contribution in [0.25, 0.3) is 0 Å². The number of alkyl halides is 3. The van der Waals surface area contributed by atoms with Gasteiger partial charge in [0.1, 0.15) is 22.9 Å². The molecular weight excluding hydrogens is 316 g/mol. The molecule has 0 aliphatic carbocycles. The number of carbonyl (C=O) groups is 1. The Kier molecular flexibility index (Phi) is 4.58. The topological polar surface area (TPSA) is 35.5 Å². The van der Waals surface area contributed by atoms with Gasteiger partial charge in [-0.25, -0.2) is 9.18 Å². The molecule has 0 N–H and O–H groups in total. The fraction of sp³-hybridized carbons (Fsp3) is 0.188. The van der Waals surface area contributed by atoms with Gasteiger partial charge in [-0.05, 0) is 48.9 Å². The third-order valence-corrected chi connectivity index (χ3v) is 3.07. The zero-order valence-electron chi connectivity index (χ0n) is 12.2. The molecule has 23 heavy (non-hydrogen) atoms. The summed E-state index contributed by atoms with van der Waals surface area (Å²) < 4.78 is 61.5. The van der Waals surface area contributed by atoms with Gasteiger partial charge in [0, 0.05) is 0 Å². The molecule has 122 valence electrons. The van der Waals surface area contributed by atoms with Crippen molar-refractivity contribution in [2.24, 2.45) is 0 Å². The molecule has 0 aliphatic heterocycles. The lowest BCUT2D eigenvalue weighted by molar-refractivity contribution is -0.137. The summed E-state index contributed by atoms with van der Waals surface area (Å²) >= 11 is 0. The SMILES string of the molecule is COC(=O)c1ccc(C(F)(F)F)cc1Oc1ccc(F)cc1C. The molecule has 0 unspecified atom stereocenters. The van der Waals surface area contributed by atoms with E-state index in [1.807, 2.05) is 0 Å². The van der Waals surface area contributed by atoms with Crippen LogP contribution in [-0.4, -0.2) is 13.1 Å². The lowest BCUT2D eigenvalue weighted by Crippen LogP contribution is -2.09. The van der Waals surface area contributed by atoms with E-state index in [-0.39, 0.29) is 17.1 Å². The first-order chi connectivity index (χ1) is 10.7. The molecule has 0 atom stereocenters. The van der Waals surface area contributed by atoms with Crippen molar-refractivity contribution < 1.29 is 31.8 Å². The predicted molar refractivity (Wildman–Crippen MR) is 74.0 cm³/mol. The summed E-state index contributed by atoms with van der Waals surface area (Å²) in [6.07, 6.45) is -4.59. The first kappa shape index (κ1) is 16.8. The summed E-state index contributed by atoms with van der Waals surface area (Å²) in [4.78, 5) is 11.7. The molecule has 7 heteroatoms. The highest BCUT2D eigenvalue weighted by atomic mass is 19.4. The van der Waals surface area contributed by atoms with E-state index in [4.69, 9.17) is 4.74 Å². The van der Waals surface area contributed by atoms with E-state index in [0.29, 0.717) is 11.6 Å². The number of rotatable bonds is 3. The van der Waals surface area contributed by atoms with Crippen LogP contribution in [0.4, 0.5) is 17.6 Å². The van der Waals surface area contributed by atoms with Crippen molar-refractivity contribution in [2.45, 2.75) is 13.1 Å². The van der Waals surface area contributed by atoms with Crippen molar-refractivity contribution in [2.75, 3.05) is 7.11 Å². The summed E-state index contributed by atoms with van der Waals surface area (Å²) in [6.45, 7) is 1.53. The first-order valence-corrected chi connectivity index (χ1v) is 6.46. The minimum atomic E-state index is -4.59. The highest BCUT2D eigenvalue weighted by molar-refractivity contribution is 5.92. The Morgan fingerprint density at radius 3 is 2.30 bits per heavy atom. The molecule has 0 radical (unpaired) electrons. The number of hydrogen-bond donors (Lipinski definition) is 0. The molecule has 3 nitrogen and oxygen atoms in total. The zero-order chi connectivity index (χ0) is 17.2. The van der Waals surface area contributed by atoms with Crippen LogP contribution in [0.5, 0.6) is 11.5 Å². The third kappa shape index (κ3) is 3.80. The van der Waals surface area contributed by atoms with Crippen molar-refractivity contribution >= 4 is 5.97 Å². The van der Waals surface area contributed by atoms with Crippen molar-refractivity contribution in [1.82, 2.24) is 0 Å². The Morgan fingerprint density at radius 2 is 1.74 bits per heavy atom. The third-order valence-electron chi connectivity index (χ3n) is 3.07. The second-order valence-corrected chi connectivity index (χ2v) is 4.71. The number of benzene rings is 2. The predicted octanol–water partition coefficient (Wildman–Crippen LogP) is 4.73. The Bertz CT molecular complexity index is 739. The second kappa shape index (κ2) is 6.28. The standard InChI is InChI=1S/C16H12F4O3/c1-9-7-11(17)4-6-13(9)23-14-8-10(16(18,19)20)3-5-12(14)15(21)22-2/h3-8H,1-2H3. The lowest BCUT2D eigenvalue weighted by atomic mass is 10.1. The van der Waals surface area contributed by atoms with Gasteiger partial charge in [0.2, 0.25) is 0 Å². The average Bonchev–Trinajstić information content (AvgIpc) is 2.48. The summed E-state index contributed by atoms with van der Waals surface area (Å²) in [5.74, 6) is -1.53. The molecule has 2 aromatic rings. The molecule has 2 rings (SSSR count). The minimum Gasteiger partial charge on any atom is -0.465 e. The normalized spacial score (nSPS) is 11.2. The number of aryl methyl sites for hydroxylation is 1. The number of esters is 1. The Labute approximate surface area is 129 Å². The molecule has 0 saturated heterocycles. The number of halogens is 4. The average molecular weight is 328 g/mol. The van der Waals surface area contributed by atoms with E-state index in [1.165, 1.54) is 19.1 Å². The maximum Gasteiger partial charge on any atom is 0.416 e. The summed E-state index contributed by atoms with van der Waals surface area (Å²) in [7, 11) is 1.10. The highest BCUT2D eigenvalue weighted by Crippen LogP contribution is 2.35. The van der Waals surface area contributed by atoms with E-state index in [0.717, 1.165) is 25.3 Å². The largest absolute Gasteiger partial charge is 0.465 e. The van der Waals surface area contributed by atoms with Gasteiger partial charge in [-0.2, -0.15) is 13.2 Å². The molecule has 0 saturated carbocycles. The Balaban J connectivity index is 2.50. The van der Waals surface area contributed by atoms with Gasteiger partial charge in [-0.15, -0.1) is 0 Å². The highest BCUT2D eigenvalue weighted by Gasteiger charge is 2.32. The van der Waals surface area contributed by atoms with Crippen LogP contribution in [0.15, 0.2) is 36.4 Å². The smallest absolute Gasteiger partial charge is 0.416 e.